The van der Waals surface area contributed by atoms with Crippen molar-refractivity contribution in [2.75, 3.05) is 52.4 Å². The van der Waals surface area contributed by atoms with Crippen LogP contribution in [0.25, 0.3) is 0 Å². The number of halogens is 1. The van der Waals surface area contributed by atoms with Crippen LogP contribution in [0.2, 0.25) is 0 Å². The van der Waals surface area contributed by atoms with Gasteiger partial charge >= 0.3 is 0 Å². The molecule has 236 valence electrons. The lowest BCUT2D eigenvalue weighted by Crippen LogP contribution is -2.50. The lowest BCUT2D eigenvalue weighted by atomic mass is 10.1. The second-order valence-corrected chi connectivity index (χ2v) is 12.8. The van der Waals surface area contributed by atoms with Crippen LogP contribution in [0.15, 0.2) is 109 Å². The Kier molecular flexibility index (Phi) is 10.7. The molecule has 2 aliphatic rings. The predicted octanol–water partition coefficient (Wildman–Crippen LogP) is 5.51. The third kappa shape index (κ3) is 8.22. The van der Waals surface area contributed by atoms with Crippen molar-refractivity contribution >= 4 is 28.5 Å². The summed E-state index contributed by atoms with van der Waals surface area (Å²) in [4.78, 5) is 17.3. The van der Waals surface area contributed by atoms with Gasteiger partial charge in [0.1, 0.15) is 23.0 Å². The van der Waals surface area contributed by atoms with Crippen molar-refractivity contribution in [2.24, 2.45) is 0 Å². The number of hydrogen-bond acceptors (Lipinski definition) is 6. The SMILES string of the molecule is Cl.O=C(c1cccc(Oc2ccccc2)c1)N1CCN(CCN2CCN(Cc3cccc(Oc4ccccc4)c3)S2(=O)=O)CC1. The molecule has 45 heavy (non-hydrogen) atoms. The lowest BCUT2D eigenvalue weighted by Gasteiger charge is -2.35. The molecule has 0 radical (unpaired) electrons. The molecule has 1 amide bonds. The van der Waals surface area contributed by atoms with Gasteiger partial charge in [-0.3, -0.25) is 9.69 Å². The lowest BCUT2D eigenvalue weighted by molar-refractivity contribution is 0.0633. The van der Waals surface area contributed by atoms with E-state index >= 15 is 0 Å². The molecule has 0 aliphatic carbocycles. The zero-order valence-electron chi connectivity index (χ0n) is 24.9. The molecule has 2 heterocycles. The molecular weight excluding hydrogens is 612 g/mol. The van der Waals surface area contributed by atoms with Crippen LogP contribution in [-0.2, 0) is 16.8 Å². The number of amides is 1. The zero-order valence-corrected chi connectivity index (χ0v) is 26.5. The van der Waals surface area contributed by atoms with Crippen molar-refractivity contribution < 1.29 is 22.7 Å². The first-order chi connectivity index (χ1) is 21.4. The van der Waals surface area contributed by atoms with Crippen LogP contribution in [0.4, 0.5) is 0 Å². The summed E-state index contributed by atoms with van der Waals surface area (Å²) in [6.45, 7) is 4.80. The molecule has 4 aromatic carbocycles. The standard InChI is InChI=1S/C34H36N4O5S.ClH/c39-34(29-10-8-16-33(26-29)43-31-13-5-2-6-14-31)36-20-17-35(18-21-36)19-22-37-23-24-38(44(37,40)41)27-28-9-7-15-32(25-28)42-30-11-3-1-4-12-30;/h1-16,25-26H,17-24,27H2;1H. The summed E-state index contributed by atoms with van der Waals surface area (Å²) in [5, 5.41) is 0. The van der Waals surface area contributed by atoms with Crippen molar-refractivity contribution in [3.8, 4) is 23.0 Å². The van der Waals surface area contributed by atoms with Gasteiger partial charge in [-0.1, -0.05) is 54.6 Å². The fraction of sp³-hybridized carbons (Fsp3) is 0.265. The minimum atomic E-state index is -3.56. The fourth-order valence-electron chi connectivity index (χ4n) is 5.47. The van der Waals surface area contributed by atoms with E-state index in [2.05, 4.69) is 4.90 Å². The number of rotatable bonds is 10. The Bertz CT molecular complexity index is 1670. The van der Waals surface area contributed by atoms with Gasteiger partial charge in [0, 0.05) is 64.5 Å². The second-order valence-electron chi connectivity index (χ2n) is 10.9. The van der Waals surface area contributed by atoms with E-state index < -0.39 is 10.2 Å². The number of para-hydroxylation sites is 2. The van der Waals surface area contributed by atoms with E-state index in [1.165, 1.54) is 4.31 Å². The average molecular weight is 649 g/mol. The minimum absolute atomic E-state index is 0. The minimum Gasteiger partial charge on any atom is -0.457 e. The molecule has 0 N–H and O–H groups in total. The smallest absolute Gasteiger partial charge is 0.282 e. The van der Waals surface area contributed by atoms with Gasteiger partial charge in [-0.15, -0.1) is 12.4 Å². The topological polar surface area (TPSA) is 82.6 Å². The highest BCUT2D eigenvalue weighted by atomic mass is 35.5. The first kappa shape index (κ1) is 32.5. The van der Waals surface area contributed by atoms with Gasteiger partial charge in [0.05, 0.1) is 0 Å². The Morgan fingerprint density at radius 1 is 0.600 bits per heavy atom. The Hall–Kier alpha value is -3.93. The van der Waals surface area contributed by atoms with E-state index in [0.717, 1.165) is 17.1 Å². The normalized spacial score (nSPS) is 17.0. The molecule has 4 aromatic rings. The third-order valence-electron chi connectivity index (χ3n) is 7.87. The van der Waals surface area contributed by atoms with Crippen molar-refractivity contribution in [1.82, 2.24) is 18.4 Å². The second kappa shape index (κ2) is 14.9. The number of hydrogen-bond donors (Lipinski definition) is 0. The van der Waals surface area contributed by atoms with Gasteiger partial charge in [0.15, 0.2) is 0 Å². The Labute approximate surface area is 271 Å². The van der Waals surface area contributed by atoms with Crippen molar-refractivity contribution in [2.45, 2.75) is 6.54 Å². The Morgan fingerprint density at radius 2 is 1.16 bits per heavy atom. The monoisotopic (exact) mass is 648 g/mol. The van der Waals surface area contributed by atoms with Crippen LogP contribution in [-0.4, -0.2) is 85.1 Å². The van der Waals surface area contributed by atoms with Crippen LogP contribution in [0, 0.1) is 0 Å². The van der Waals surface area contributed by atoms with E-state index in [0.29, 0.717) is 76.0 Å². The van der Waals surface area contributed by atoms with Crippen LogP contribution < -0.4 is 9.47 Å². The zero-order chi connectivity index (χ0) is 30.4. The van der Waals surface area contributed by atoms with Crippen LogP contribution in [0.1, 0.15) is 15.9 Å². The van der Waals surface area contributed by atoms with Gasteiger partial charge in [0.2, 0.25) is 0 Å². The summed E-state index contributed by atoms with van der Waals surface area (Å²) in [6.07, 6.45) is 0. The molecule has 6 rings (SSSR count). The molecule has 2 saturated heterocycles. The third-order valence-corrected chi connectivity index (χ3v) is 9.85. The Morgan fingerprint density at radius 3 is 1.80 bits per heavy atom. The molecule has 0 atom stereocenters. The molecule has 9 nitrogen and oxygen atoms in total. The predicted molar refractivity (Wildman–Crippen MR) is 176 cm³/mol. The first-order valence-corrected chi connectivity index (χ1v) is 16.3. The average Bonchev–Trinajstić information content (AvgIpc) is 3.33. The molecule has 11 heteroatoms. The van der Waals surface area contributed by atoms with Gasteiger partial charge in [0.25, 0.3) is 16.1 Å². The summed E-state index contributed by atoms with van der Waals surface area (Å²) in [7, 11) is -3.56. The number of carbonyl (C=O) groups is 1. The highest BCUT2D eigenvalue weighted by Gasteiger charge is 2.36. The molecule has 0 bridgehead atoms. The summed E-state index contributed by atoms with van der Waals surface area (Å²) >= 11 is 0. The van der Waals surface area contributed by atoms with Crippen molar-refractivity contribution in [3.63, 3.8) is 0 Å². The molecule has 2 fully saturated rings. The molecule has 2 aliphatic heterocycles. The summed E-state index contributed by atoms with van der Waals surface area (Å²) < 4.78 is 41.6. The first-order valence-electron chi connectivity index (χ1n) is 14.9. The van der Waals surface area contributed by atoms with Gasteiger partial charge in [-0.25, -0.2) is 0 Å². The van der Waals surface area contributed by atoms with Gasteiger partial charge < -0.3 is 14.4 Å². The van der Waals surface area contributed by atoms with Crippen LogP contribution in [0.5, 0.6) is 23.0 Å². The molecule has 0 unspecified atom stereocenters. The maximum Gasteiger partial charge on any atom is 0.282 e. The maximum absolute atomic E-state index is 13.3. The van der Waals surface area contributed by atoms with E-state index in [-0.39, 0.29) is 18.3 Å². The maximum atomic E-state index is 13.3. The number of benzene rings is 4. The summed E-state index contributed by atoms with van der Waals surface area (Å²) in [5.41, 5.74) is 1.47. The van der Waals surface area contributed by atoms with Crippen LogP contribution >= 0.6 is 12.4 Å². The van der Waals surface area contributed by atoms with Gasteiger partial charge in [-0.2, -0.15) is 17.0 Å². The van der Waals surface area contributed by atoms with E-state index in [1.54, 1.807) is 10.4 Å². The quantitative estimate of drug-likeness (QED) is 0.226. The van der Waals surface area contributed by atoms with Gasteiger partial charge in [-0.05, 0) is 60.2 Å². The molecule has 0 saturated carbocycles. The van der Waals surface area contributed by atoms with E-state index in [1.807, 2.05) is 108 Å². The number of nitrogens with zero attached hydrogens (tertiary/aromatic N) is 4. The Balaban J connectivity index is 0.00000400. The molecular formula is C34H37ClN4O5S. The molecule has 0 aromatic heterocycles. The fourth-order valence-corrected chi connectivity index (χ4v) is 7.04. The highest BCUT2D eigenvalue weighted by molar-refractivity contribution is 7.87. The van der Waals surface area contributed by atoms with Crippen molar-refractivity contribution in [3.05, 3.63) is 120 Å². The molecule has 0 spiro atoms. The van der Waals surface area contributed by atoms with E-state index in [4.69, 9.17) is 9.47 Å². The summed E-state index contributed by atoms with van der Waals surface area (Å²) in [6, 6.07) is 33.8. The van der Waals surface area contributed by atoms with Crippen molar-refractivity contribution in [1.29, 1.82) is 0 Å². The summed E-state index contributed by atoms with van der Waals surface area (Å²) in [5.74, 6) is 2.72. The number of ether oxygens (including phenoxy) is 2. The highest BCUT2D eigenvalue weighted by Crippen LogP contribution is 2.26. The largest absolute Gasteiger partial charge is 0.457 e. The van der Waals surface area contributed by atoms with Crippen LogP contribution in [0.3, 0.4) is 0 Å². The van der Waals surface area contributed by atoms with E-state index in [9.17, 15) is 13.2 Å². The number of piperazine rings is 1. The number of carbonyl (C=O) groups excluding carboxylic acids is 1.